The number of esters is 1. The predicted octanol–water partition coefficient (Wildman–Crippen LogP) is 2.60. The van der Waals surface area contributed by atoms with Gasteiger partial charge in [-0.2, -0.15) is 0 Å². The van der Waals surface area contributed by atoms with Gasteiger partial charge in [-0.05, 0) is 30.2 Å². The molecule has 0 aliphatic heterocycles. The third-order valence-corrected chi connectivity index (χ3v) is 3.93. The summed E-state index contributed by atoms with van der Waals surface area (Å²) >= 11 is 0. The standard InChI is InChI=1S/C20H18N2O4/c23-18(22-20(25)14-6-2-1-3-7-14)13-26-19(24)11-10-15-12-21-17-9-5-4-8-16(15)17/h1-9,12,21H,10-11,13H2,(H,22,23,25). The van der Waals surface area contributed by atoms with E-state index < -0.39 is 24.4 Å². The lowest BCUT2D eigenvalue weighted by atomic mass is 10.1. The molecule has 2 N–H and O–H groups in total. The Kier molecular flexibility index (Phi) is 5.43. The fourth-order valence-electron chi connectivity index (χ4n) is 2.62. The number of benzene rings is 2. The summed E-state index contributed by atoms with van der Waals surface area (Å²) in [5, 5.41) is 3.25. The van der Waals surface area contributed by atoms with E-state index in [9.17, 15) is 14.4 Å². The molecule has 26 heavy (non-hydrogen) atoms. The number of amides is 2. The van der Waals surface area contributed by atoms with Crippen molar-refractivity contribution < 1.29 is 19.1 Å². The van der Waals surface area contributed by atoms with Crippen LogP contribution < -0.4 is 5.32 Å². The van der Waals surface area contributed by atoms with Gasteiger partial charge in [0.25, 0.3) is 11.8 Å². The van der Waals surface area contributed by atoms with Gasteiger partial charge in [0.1, 0.15) is 0 Å². The first-order valence-electron chi connectivity index (χ1n) is 8.23. The molecule has 0 radical (unpaired) electrons. The van der Waals surface area contributed by atoms with E-state index in [1.54, 1.807) is 30.3 Å². The van der Waals surface area contributed by atoms with Crippen LogP contribution in [0.3, 0.4) is 0 Å². The SMILES string of the molecule is O=C(COC(=O)CCc1c[nH]c2ccccc12)NC(=O)c1ccccc1. The van der Waals surface area contributed by atoms with E-state index in [1.165, 1.54) is 0 Å². The lowest BCUT2D eigenvalue weighted by Crippen LogP contribution is -2.34. The quantitative estimate of drug-likeness (QED) is 0.669. The normalized spacial score (nSPS) is 10.5. The second-order valence-electron chi connectivity index (χ2n) is 5.76. The number of aromatic nitrogens is 1. The van der Waals surface area contributed by atoms with E-state index in [2.05, 4.69) is 10.3 Å². The van der Waals surface area contributed by atoms with Crippen molar-refractivity contribution in [2.45, 2.75) is 12.8 Å². The van der Waals surface area contributed by atoms with Crippen molar-refractivity contribution in [2.75, 3.05) is 6.61 Å². The number of hydrogen-bond donors (Lipinski definition) is 2. The van der Waals surface area contributed by atoms with Crippen LogP contribution in [0, 0.1) is 0 Å². The Bertz CT molecular complexity index is 931. The number of carbonyl (C=O) groups excluding carboxylic acids is 3. The maximum Gasteiger partial charge on any atom is 0.306 e. The number of rotatable bonds is 6. The molecule has 132 valence electrons. The van der Waals surface area contributed by atoms with E-state index >= 15 is 0 Å². The molecule has 2 amide bonds. The average molecular weight is 350 g/mol. The zero-order chi connectivity index (χ0) is 18.4. The molecule has 3 rings (SSSR count). The van der Waals surface area contributed by atoms with Crippen LogP contribution in [0.2, 0.25) is 0 Å². The molecule has 0 unspecified atom stereocenters. The molecule has 2 aromatic carbocycles. The number of para-hydroxylation sites is 1. The minimum absolute atomic E-state index is 0.155. The second kappa shape index (κ2) is 8.11. The van der Waals surface area contributed by atoms with Gasteiger partial charge in [-0.1, -0.05) is 36.4 Å². The van der Waals surface area contributed by atoms with Crippen molar-refractivity contribution in [3.8, 4) is 0 Å². The molecular formula is C20H18N2O4. The van der Waals surface area contributed by atoms with Gasteiger partial charge < -0.3 is 9.72 Å². The molecular weight excluding hydrogens is 332 g/mol. The highest BCUT2D eigenvalue weighted by molar-refractivity contribution is 6.05. The monoisotopic (exact) mass is 350 g/mol. The number of aromatic amines is 1. The van der Waals surface area contributed by atoms with Gasteiger partial charge in [0.2, 0.25) is 0 Å². The Morgan fingerprint density at radius 3 is 2.50 bits per heavy atom. The fourth-order valence-corrected chi connectivity index (χ4v) is 2.62. The highest BCUT2D eigenvalue weighted by atomic mass is 16.5. The summed E-state index contributed by atoms with van der Waals surface area (Å²) in [6.07, 6.45) is 2.53. The summed E-state index contributed by atoms with van der Waals surface area (Å²) in [7, 11) is 0. The van der Waals surface area contributed by atoms with E-state index in [0.29, 0.717) is 12.0 Å². The molecule has 0 aliphatic carbocycles. The first-order valence-corrected chi connectivity index (χ1v) is 8.23. The van der Waals surface area contributed by atoms with Crippen LogP contribution in [0.25, 0.3) is 10.9 Å². The minimum Gasteiger partial charge on any atom is -0.456 e. The van der Waals surface area contributed by atoms with Crippen LogP contribution in [0.4, 0.5) is 0 Å². The van der Waals surface area contributed by atoms with Crippen molar-refractivity contribution in [1.29, 1.82) is 0 Å². The number of fused-ring (bicyclic) bond motifs is 1. The maximum atomic E-state index is 11.8. The molecule has 6 heteroatoms. The van der Waals surface area contributed by atoms with E-state index in [-0.39, 0.29) is 6.42 Å². The summed E-state index contributed by atoms with van der Waals surface area (Å²) in [6.45, 7) is -0.481. The molecule has 1 heterocycles. The van der Waals surface area contributed by atoms with E-state index in [0.717, 1.165) is 16.5 Å². The van der Waals surface area contributed by atoms with Gasteiger partial charge in [0, 0.05) is 29.1 Å². The highest BCUT2D eigenvalue weighted by Crippen LogP contribution is 2.19. The Balaban J connectivity index is 1.44. The predicted molar refractivity (Wildman–Crippen MR) is 96.5 cm³/mol. The van der Waals surface area contributed by atoms with Crippen LogP contribution in [-0.4, -0.2) is 29.4 Å². The molecule has 0 bridgehead atoms. The molecule has 0 saturated carbocycles. The van der Waals surface area contributed by atoms with Gasteiger partial charge in [0.05, 0.1) is 0 Å². The van der Waals surface area contributed by atoms with Crippen LogP contribution in [0.15, 0.2) is 60.8 Å². The molecule has 0 fully saturated rings. The first-order chi connectivity index (χ1) is 12.6. The molecule has 3 aromatic rings. The second-order valence-corrected chi connectivity index (χ2v) is 5.76. The zero-order valence-corrected chi connectivity index (χ0v) is 14.0. The number of carbonyl (C=O) groups is 3. The molecule has 6 nitrogen and oxygen atoms in total. The van der Waals surface area contributed by atoms with Crippen LogP contribution in [0.1, 0.15) is 22.3 Å². The van der Waals surface area contributed by atoms with E-state index in [1.807, 2.05) is 30.5 Å². The number of H-pyrrole nitrogens is 1. The maximum absolute atomic E-state index is 11.8. The number of ether oxygens (including phenoxy) is 1. The molecule has 1 aromatic heterocycles. The summed E-state index contributed by atoms with van der Waals surface area (Å²) in [6, 6.07) is 16.2. The van der Waals surface area contributed by atoms with Gasteiger partial charge in [-0.25, -0.2) is 0 Å². The topological polar surface area (TPSA) is 88.3 Å². The van der Waals surface area contributed by atoms with E-state index in [4.69, 9.17) is 4.74 Å². The molecule has 0 saturated heterocycles. The van der Waals surface area contributed by atoms with Crippen molar-refractivity contribution in [3.05, 3.63) is 71.9 Å². The van der Waals surface area contributed by atoms with Gasteiger partial charge in [-0.3, -0.25) is 19.7 Å². The summed E-state index contributed by atoms with van der Waals surface area (Å²) in [5.41, 5.74) is 2.39. The highest BCUT2D eigenvalue weighted by Gasteiger charge is 2.13. The van der Waals surface area contributed by atoms with Crippen molar-refractivity contribution >= 4 is 28.7 Å². The van der Waals surface area contributed by atoms with Gasteiger partial charge >= 0.3 is 5.97 Å². The third-order valence-electron chi connectivity index (χ3n) is 3.93. The van der Waals surface area contributed by atoms with Gasteiger partial charge in [-0.15, -0.1) is 0 Å². The Labute approximate surface area is 150 Å². The number of hydrogen-bond acceptors (Lipinski definition) is 4. The van der Waals surface area contributed by atoms with Crippen molar-refractivity contribution in [1.82, 2.24) is 10.3 Å². The first kappa shape index (κ1) is 17.4. The zero-order valence-electron chi connectivity index (χ0n) is 14.0. The lowest BCUT2D eigenvalue weighted by Gasteiger charge is -2.06. The van der Waals surface area contributed by atoms with Crippen LogP contribution in [0.5, 0.6) is 0 Å². The number of imide groups is 1. The molecule has 0 aliphatic rings. The molecule has 0 spiro atoms. The summed E-state index contributed by atoms with van der Waals surface area (Å²) in [5.74, 6) is -1.66. The Morgan fingerprint density at radius 1 is 0.962 bits per heavy atom. The lowest BCUT2D eigenvalue weighted by molar-refractivity contribution is -0.148. The Morgan fingerprint density at radius 2 is 1.69 bits per heavy atom. The van der Waals surface area contributed by atoms with Crippen LogP contribution >= 0.6 is 0 Å². The number of nitrogens with one attached hydrogen (secondary N) is 2. The third kappa shape index (κ3) is 4.36. The van der Waals surface area contributed by atoms with Crippen LogP contribution in [-0.2, 0) is 20.7 Å². The molecule has 0 atom stereocenters. The smallest absolute Gasteiger partial charge is 0.306 e. The Hall–Kier alpha value is -3.41. The minimum atomic E-state index is -0.653. The summed E-state index contributed by atoms with van der Waals surface area (Å²) in [4.78, 5) is 38.5. The average Bonchev–Trinajstić information content (AvgIpc) is 3.08. The van der Waals surface area contributed by atoms with Crippen molar-refractivity contribution in [3.63, 3.8) is 0 Å². The fraction of sp³-hybridized carbons (Fsp3) is 0.150. The summed E-state index contributed by atoms with van der Waals surface area (Å²) < 4.78 is 4.94. The largest absolute Gasteiger partial charge is 0.456 e. The van der Waals surface area contributed by atoms with Gasteiger partial charge in [0.15, 0.2) is 6.61 Å². The number of aryl methyl sites for hydroxylation is 1. The van der Waals surface area contributed by atoms with Crippen molar-refractivity contribution in [2.24, 2.45) is 0 Å².